The summed E-state index contributed by atoms with van der Waals surface area (Å²) >= 11 is 0. The van der Waals surface area contributed by atoms with E-state index in [4.69, 9.17) is 0 Å². The fourth-order valence-electron chi connectivity index (χ4n) is 4.84. The van der Waals surface area contributed by atoms with E-state index in [1.165, 1.54) is 49.9 Å². The van der Waals surface area contributed by atoms with Crippen molar-refractivity contribution in [3.63, 3.8) is 0 Å². The number of hydrogen-bond donors (Lipinski definition) is 0. The molecule has 5 rings (SSSR count). The third-order valence-corrected chi connectivity index (χ3v) is 6.16. The van der Waals surface area contributed by atoms with Crippen LogP contribution in [0.2, 0.25) is 0 Å². The van der Waals surface area contributed by atoms with Crippen LogP contribution in [-0.2, 0) is 14.1 Å². The van der Waals surface area contributed by atoms with E-state index >= 15 is 0 Å². The highest BCUT2D eigenvalue weighted by molar-refractivity contribution is 6.10. The molecule has 0 saturated carbocycles. The van der Waals surface area contributed by atoms with Crippen molar-refractivity contribution in [3.8, 4) is 5.95 Å². The Morgan fingerprint density at radius 2 is 1.50 bits per heavy atom. The lowest BCUT2D eigenvalue weighted by atomic mass is 9.96. The normalized spacial score (nSPS) is 12.1. The molecule has 3 nitrogen and oxygen atoms in total. The Bertz CT molecular complexity index is 1330. The predicted molar refractivity (Wildman–Crippen MR) is 117 cm³/mol. The van der Waals surface area contributed by atoms with Gasteiger partial charge in [0.25, 0.3) is 0 Å². The van der Waals surface area contributed by atoms with Crippen LogP contribution in [-0.4, -0.2) is 9.13 Å². The highest BCUT2D eigenvalue weighted by Crippen LogP contribution is 2.36. The van der Waals surface area contributed by atoms with Crippen LogP contribution in [0.4, 0.5) is 0 Å². The number of fused-ring (bicyclic) bond motifs is 4. The topological polar surface area (TPSA) is 13.7 Å². The molecule has 0 saturated heterocycles. The second-order valence-electron chi connectivity index (χ2n) is 8.09. The molecule has 140 valence electrons. The Morgan fingerprint density at radius 3 is 2.21 bits per heavy atom. The molecule has 5 aromatic rings. The van der Waals surface area contributed by atoms with E-state index in [9.17, 15) is 0 Å². The summed E-state index contributed by atoms with van der Waals surface area (Å²) in [6.07, 6.45) is 0. The molecule has 0 fully saturated rings. The van der Waals surface area contributed by atoms with Gasteiger partial charge in [-0.1, -0.05) is 56.3 Å². The van der Waals surface area contributed by atoms with Crippen LogP contribution in [0.3, 0.4) is 0 Å². The minimum atomic E-state index is 0.497. The first-order valence-electron chi connectivity index (χ1n) is 9.97. The van der Waals surface area contributed by atoms with Gasteiger partial charge in [-0.3, -0.25) is 0 Å². The standard InChI is InChI=1S/C25H26N3/c1-16(2)18-14-15-20-19-10-6-7-11-21(19)28(24(20)17(18)3)25-26(4)22-12-8-9-13-23(22)27(25)5/h6-16H,1-5H3/q+1. The first-order chi connectivity index (χ1) is 13.5. The molecule has 2 heterocycles. The maximum atomic E-state index is 2.45. The molecule has 3 heteroatoms. The van der Waals surface area contributed by atoms with Gasteiger partial charge >= 0.3 is 5.95 Å². The van der Waals surface area contributed by atoms with Gasteiger partial charge in [-0.2, -0.15) is 4.57 Å². The van der Waals surface area contributed by atoms with Gasteiger partial charge < -0.3 is 0 Å². The zero-order chi connectivity index (χ0) is 19.6. The Kier molecular flexibility index (Phi) is 3.63. The Labute approximate surface area is 165 Å². The van der Waals surface area contributed by atoms with Crippen molar-refractivity contribution >= 4 is 32.8 Å². The predicted octanol–water partition coefficient (Wildman–Crippen LogP) is 5.53. The van der Waals surface area contributed by atoms with Crippen LogP contribution < -0.4 is 4.57 Å². The smallest absolute Gasteiger partial charge is 0.230 e. The van der Waals surface area contributed by atoms with Crippen molar-refractivity contribution in [2.75, 3.05) is 0 Å². The van der Waals surface area contributed by atoms with Crippen LogP contribution in [0.25, 0.3) is 38.8 Å². The third-order valence-electron chi connectivity index (χ3n) is 6.16. The Morgan fingerprint density at radius 1 is 0.821 bits per heavy atom. The average molecular weight is 369 g/mol. The minimum Gasteiger partial charge on any atom is -0.230 e. The first kappa shape index (κ1) is 17.1. The molecule has 28 heavy (non-hydrogen) atoms. The maximum absolute atomic E-state index is 2.45. The molecule has 0 N–H and O–H groups in total. The van der Waals surface area contributed by atoms with Gasteiger partial charge in [-0.25, -0.2) is 9.13 Å². The quantitative estimate of drug-likeness (QED) is 0.364. The summed E-state index contributed by atoms with van der Waals surface area (Å²) in [5.41, 5.74) is 7.83. The highest BCUT2D eigenvalue weighted by Gasteiger charge is 2.27. The monoisotopic (exact) mass is 368 g/mol. The van der Waals surface area contributed by atoms with Crippen LogP contribution in [0.5, 0.6) is 0 Å². The third kappa shape index (κ3) is 2.13. The van der Waals surface area contributed by atoms with Gasteiger partial charge in [0.05, 0.1) is 14.1 Å². The number of aromatic nitrogens is 3. The fraction of sp³-hybridized carbons (Fsp3) is 0.240. The van der Waals surface area contributed by atoms with Crippen molar-refractivity contribution in [2.45, 2.75) is 26.7 Å². The van der Waals surface area contributed by atoms with Crippen molar-refractivity contribution in [3.05, 3.63) is 71.8 Å². The molecule has 0 aliphatic heterocycles. The zero-order valence-electron chi connectivity index (χ0n) is 17.2. The maximum Gasteiger partial charge on any atom is 0.370 e. The lowest BCUT2D eigenvalue weighted by molar-refractivity contribution is -0.639. The molecule has 0 atom stereocenters. The van der Waals surface area contributed by atoms with Crippen LogP contribution in [0.15, 0.2) is 60.7 Å². The van der Waals surface area contributed by atoms with Gasteiger partial charge in [0.15, 0.2) is 0 Å². The molecule has 2 aromatic heterocycles. The summed E-state index contributed by atoms with van der Waals surface area (Å²) < 4.78 is 7.07. The summed E-state index contributed by atoms with van der Waals surface area (Å²) in [5.74, 6) is 1.67. The molecule has 0 unspecified atom stereocenters. The lowest BCUT2D eigenvalue weighted by Crippen LogP contribution is -2.33. The van der Waals surface area contributed by atoms with E-state index in [0.717, 1.165) is 0 Å². The van der Waals surface area contributed by atoms with Crippen LogP contribution in [0.1, 0.15) is 30.9 Å². The molecular weight excluding hydrogens is 342 g/mol. The summed E-state index contributed by atoms with van der Waals surface area (Å²) in [6.45, 7) is 6.83. The average Bonchev–Trinajstić information content (AvgIpc) is 3.15. The second kappa shape index (κ2) is 5.96. The minimum absolute atomic E-state index is 0.497. The number of nitrogens with zero attached hydrogens (tertiary/aromatic N) is 3. The van der Waals surface area contributed by atoms with Gasteiger partial charge in [0, 0.05) is 10.8 Å². The number of hydrogen-bond acceptors (Lipinski definition) is 0. The zero-order valence-corrected chi connectivity index (χ0v) is 17.2. The molecule has 3 aromatic carbocycles. The van der Waals surface area contributed by atoms with E-state index in [1.54, 1.807) is 0 Å². The molecule has 0 spiro atoms. The highest BCUT2D eigenvalue weighted by atomic mass is 15.3. The number of para-hydroxylation sites is 3. The van der Waals surface area contributed by atoms with E-state index in [0.29, 0.717) is 5.92 Å². The molecule has 0 bridgehead atoms. The van der Waals surface area contributed by atoms with Crippen molar-refractivity contribution in [1.82, 2.24) is 9.13 Å². The van der Waals surface area contributed by atoms with Gasteiger partial charge in [-0.15, -0.1) is 0 Å². The van der Waals surface area contributed by atoms with Crippen molar-refractivity contribution < 1.29 is 4.57 Å². The summed E-state index contributed by atoms with van der Waals surface area (Å²) in [5, 5.41) is 2.63. The van der Waals surface area contributed by atoms with Gasteiger partial charge in [0.1, 0.15) is 22.1 Å². The summed E-state index contributed by atoms with van der Waals surface area (Å²) in [7, 11) is 4.33. The fourth-order valence-corrected chi connectivity index (χ4v) is 4.84. The molecule has 0 aliphatic rings. The lowest BCUT2D eigenvalue weighted by Gasteiger charge is -2.11. The summed E-state index contributed by atoms with van der Waals surface area (Å²) in [6, 6.07) is 22.0. The molecule has 0 radical (unpaired) electrons. The number of aryl methyl sites for hydroxylation is 3. The first-order valence-corrected chi connectivity index (χ1v) is 9.97. The van der Waals surface area contributed by atoms with Gasteiger partial charge in [-0.05, 0) is 42.2 Å². The van der Waals surface area contributed by atoms with E-state index in [-0.39, 0.29) is 0 Å². The van der Waals surface area contributed by atoms with Gasteiger partial charge in [0.2, 0.25) is 0 Å². The molecule has 0 aliphatic carbocycles. The van der Waals surface area contributed by atoms with E-state index in [2.05, 4.69) is 109 Å². The largest absolute Gasteiger partial charge is 0.370 e. The van der Waals surface area contributed by atoms with E-state index in [1.807, 2.05) is 0 Å². The Hall–Kier alpha value is -3.07. The summed E-state index contributed by atoms with van der Waals surface area (Å²) in [4.78, 5) is 0. The van der Waals surface area contributed by atoms with Crippen LogP contribution >= 0.6 is 0 Å². The Balaban J connectivity index is 2.04. The second-order valence-corrected chi connectivity index (χ2v) is 8.09. The van der Waals surface area contributed by atoms with Crippen LogP contribution in [0, 0.1) is 6.92 Å². The number of imidazole rings is 1. The van der Waals surface area contributed by atoms with Crippen molar-refractivity contribution in [2.24, 2.45) is 14.1 Å². The number of rotatable bonds is 2. The molecular formula is C25H26N3+. The molecule has 0 amide bonds. The SMILES string of the molecule is Cc1c(C(C)C)ccc2c3ccccc3n(-c3n(C)c4ccccc4[n+]3C)c12. The van der Waals surface area contributed by atoms with E-state index < -0.39 is 0 Å². The van der Waals surface area contributed by atoms with Crippen molar-refractivity contribution in [1.29, 1.82) is 0 Å². The number of benzene rings is 3.